The lowest BCUT2D eigenvalue weighted by molar-refractivity contribution is 0.305. The van der Waals surface area contributed by atoms with Crippen LogP contribution in [0.25, 0.3) is 11.1 Å². The minimum absolute atomic E-state index is 0.616. The molecule has 29 heavy (non-hydrogen) atoms. The van der Waals surface area contributed by atoms with Crippen molar-refractivity contribution in [2.24, 2.45) is 11.8 Å². The molecule has 0 aliphatic heterocycles. The summed E-state index contributed by atoms with van der Waals surface area (Å²) in [5.74, 6) is 2.67. The van der Waals surface area contributed by atoms with E-state index in [1.807, 2.05) is 0 Å². The fourth-order valence-electron chi connectivity index (χ4n) is 4.30. The molecule has 3 aromatic carbocycles. The van der Waals surface area contributed by atoms with Crippen LogP contribution in [0, 0.1) is 11.8 Å². The fourth-order valence-corrected chi connectivity index (χ4v) is 4.30. The number of ether oxygens (including phenoxy) is 1. The van der Waals surface area contributed by atoms with Crippen molar-refractivity contribution in [1.82, 2.24) is 0 Å². The molecule has 0 heterocycles. The highest BCUT2D eigenvalue weighted by Gasteiger charge is 2.19. The van der Waals surface area contributed by atoms with Crippen LogP contribution in [0.2, 0.25) is 0 Å². The monoisotopic (exact) mass is 384 g/mol. The summed E-state index contributed by atoms with van der Waals surface area (Å²) in [7, 11) is 0. The lowest BCUT2D eigenvalue weighted by atomic mass is 9.80. The Balaban J connectivity index is 1.34. The van der Waals surface area contributed by atoms with E-state index < -0.39 is 0 Å². The minimum Gasteiger partial charge on any atom is -0.489 e. The summed E-state index contributed by atoms with van der Waals surface area (Å²) in [5.41, 5.74) is 6.72. The van der Waals surface area contributed by atoms with E-state index in [2.05, 4.69) is 86.6 Å². The van der Waals surface area contributed by atoms with Crippen LogP contribution in [0.5, 0.6) is 5.75 Å². The van der Waals surface area contributed by atoms with Gasteiger partial charge in [-0.1, -0.05) is 80.9 Å². The second kappa shape index (κ2) is 9.31. The van der Waals surface area contributed by atoms with E-state index in [-0.39, 0.29) is 0 Å². The smallest absolute Gasteiger partial charge is 0.120 e. The molecule has 4 rings (SSSR count). The van der Waals surface area contributed by atoms with Gasteiger partial charge in [0.25, 0.3) is 0 Å². The quantitative estimate of drug-likeness (QED) is 0.410. The van der Waals surface area contributed by atoms with Gasteiger partial charge in [0.15, 0.2) is 0 Å². The molecule has 1 atom stereocenters. The Morgan fingerprint density at radius 1 is 0.862 bits per heavy atom. The van der Waals surface area contributed by atoms with Gasteiger partial charge in [-0.2, -0.15) is 0 Å². The standard InChI is InChI=1S/C28H32O/c1-21(2)8-9-22-10-15-27-19-28(17-16-26(27)18-22)29-20-23-11-13-25(14-12-23)24-6-4-3-5-7-24/h3-7,11-14,16-17,19,21-22H,8-10,15,18,20H2,1-2H3. The summed E-state index contributed by atoms with van der Waals surface area (Å²) in [4.78, 5) is 0. The number of hydrogen-bond donors (Lipinski definition) is 0. The summed E-state index contributed by atoms with van der Waals surface area (Å²) in [6.07, 6.45) is 6.48. The second-order valence-electron chi connectivity index (χ2n) is 8.86. The van der Waals surface area contributed by atoms with Crippen LogP contribution < -0.4 is 4.74 Å². The van der Waals surface area contributed by atoms with Gasteiger partial charge in [0.05, 0.1) is 0 Å². The van der Waals surface area contributed by atoms with Gasteiger partial charge in [-0.05, 0) is 77.5 Å². The highest BCUT2D eigenvalue weighted by Crippen LogP contribution is 2.32. The van der Waals surface area contributed by atoms with Gasteiger partial charge < -0.3 is 4.74 Å². The van der Waals surface area contributed by atoms with Crippen LogP contribution in [0.3, 0.4) is 0 Å². The van der Waals surface area contributed by atoms with Crippen LogP contribution in [-0.4, -0.2) is 0 Å². The van der Waals surface area contributed by atoms with Crippen LogP contribution in [0.15, 0.2) is 72.8 Å². The van der Waals surface area contributed by atoms with E-state index in [0.717, 1.165) is 17.6 Å². The molecule has 3 aromatic rings. The molecule has 1 aliphatic rings. The first-order valence-electron chi connectivity index (χ1n) is 11.1. The maximum Gasteiger partial charge on any atom is 0.120 e. The molecule has 0 saturated carbocycles. The first-order valence-corrected chi connectivity index (χ1v) is 11.1. The Morgan fingerprint density at radius 2 is 1.62 bits per heavy atom. The van der Waals surface area contributed by atoms with Crippen molar-refractivity contribution in [3.63, 3.8) is 0 Å². The molecular weight excluding hydrogens is 352 g/mol. The van der Waals surface area contributed by atoms with Crippen molar-refractivity contribution in [1.29, 1.82) is 0 Å². The van der Waals surface area contributed by atoms with Gasteiger partial charge >= 0.3 is 0 Å². The summed E-state index contributed by atoms with van der Waals surface area (Å²) in [5, 5.41) is 0. The topological polar surface area (TPSA) is 9.23 Å². The molecule has 0 spiro atoms. The highest BCUT2D eigenvalue weighted by atomic mass is 16.5. The molecule has 0 fully saturated rings. The van der Waals surface area contributed by atoms with E-state index in [1.54, 1.807) is 0 Å². The van der Waals surface area contributed by atoms with E-state index in [9.17, 15) is 0 Å². The number of fused-ring (bicyclic) bond motifs is 1. The molecule has 0 amide bonds. The third kappa shape index (κ3) is 5.29. The predicted molar refractivity (Wildman–Crippen MR) is 122 cm³/mol. The molecule has 1 nitrogen and oxygen atoms in total. The summed E-state index contributed by atoms with van der Waals surface area (Å²) >= 11 is 0. The Hall–Kier alpha value is -2.54. The minimum atomic E-state index is 0.616. The SMILES string of the molecule is CC(C)CCC1CCc2cc(OCc3ccc(-c4ccccc4)cc3)ccc2C1. The maximum absolute atomic E-state index is 6.11. The predicted octanol–water partition coefficient (Wildman–Crippen LogP) is 7.47. The van der Waals surface area contributed by atoms with E-state index in [1.165, 1.54) is 59.9 Å². The lowest BCUT2D eigenvalue weighted by Crippen LogP contribution is -2.15. The van der Waals surface area contributed by atoms with Crippen LogP contribution >= 0.6 is 0 Å². The van der Waals surface area contributed by atoms with Crippen molar-refractivity contribution in [3.8, 4) is 16.9 Å². The molecule has 1 aliphatic carbocycles. The fraction of sp³-hybridized carbons (Fsp3) is 0.357. The van der Waals surface area contributed by atoms with Gasteiger partial charge in [0.1, 0.15) is 12.4 Å². The van der Waals surface area contributed by atoms with Gasteiger partial charge in [0.2, 0.25) is 0 Å². The average molecular weight is 385 g/mol. The van der Waals surface area contributed by atoms with Gasteiger partial charge in [-0.3, -0.25) is 0 Å². The number of rotatable bonds is 7. The Bertz CT molecular complexity index is 909. The van der Waals surface area contributed by atoms with Gasteiger partial charge in [0, 0.05) is 0 Å². The third-order valence-corrected chi connectivity index (χ3v) is 6.13. The molecule has 0 bridgehead atoms. The zero-order chi connectivity index (χ0) is 20.1. The normalized spacial score (nSPS) is 15.9. The Morgan fingerprint density at radius 3 is 2.38 bits per heavy atom. The summed E-state index contributed by atoms with van der Waals surface area (Å²) in [6, 6.07) is 25.9. The average Bonchev–Trinajstić information content (AvgIpc) is 2.77. The third-order valence-electron chi connectivity index (χ3n) is 6.13. The first kappa shape index (κ1) is 19.8. The molecule has 1 unspecified atom stereocenters. The first-order chi connectivity index (χ1) is 14.2. The molecule has 0 N–H and O–H groups in total. The molecule has 0 saturated heterocycles. The Kier molecular flexibility index (Phi) is 6.34. The number of hydrogen-bond acceptors (Lipinski definition) is 1. The lowest BCUT2D eigenvalue weighted by Gasteiger charge is -2.25. The Labute approximate surface area is 175 Å². The summed E-state index contributed by atoms with van der Waals surface area (Å²) in [6.45, 7) is 5.27. The van der Waals surface area contributed by atoms with Crippen molar-refractivity contribution in [2.45, 2.75) is 52.6 Å². The number of aryl methyl sites for hydroxylation is 1. The van der Waals surface area contributed by atoms with Crippen LogP contribution in [-0.2, 0) is 19.4 Å². The molecule has 150 valence electrons. The second-order valence-corrected chi connectivity index (χ2v) is 8.86. The van der Waals surface area contributed by atoms with Crippen molar-refractivity contribution in [3.05, 3.63) is 89.5 Å². The maximum atomic E-state index is 6.11. The molecule has 1 heteroatoms. The van der Waals surface area contributed by atoms with Crippen molar-refractivity contribution >= 4 is 0 Å². The molecular formula is C28H32O. The van der Waals surface area contributed by atoms with Crippen LogP contribution in [0.4, 0.5) is 0 Å². The molecule has 0 radical (unpaired) electrons. The largest absolute Gasteiger partial charge is 0.489 e. The highest BCUT2D eigenvalue weighted by molar-refractivity contribution is 5.63. The number of benzene rings is 3. The van der Waals surface area contributed by atoms with Crippen molar-refractivity contribution < 1.29 is 4.74 Å². The van der Waals surface area contributed by atoms with Crippen molar-refractivity contribution in [2.75, 3.05) is 0 Å². The van der Waals surface area contributed by atoms with Crippen LogP contribution in [0.1, 0.15) is 49.8 Å². The van der Waals surface area contributed by atoms with Gasteiger partial charge in [-0.25, -0.2) is 0 Å². The van der Waals surface area contributed by atoms with E-state index >= 15 is 0 Å². The summed E-state index contributed by atoms with van der Waals surface area (Å²) < 4.78 is 6.11. The van der Waals surface area contributed by atoms with E-state index in [0.29, 0.717) is 6.61 Å². The van der Waals surface area contributed by atoms with Gasteiger partial charge in [-0.15, -0.1) is 0 Å². The van der Waals surface area contributed by atoms with E-state index in [4.69, 9.17) is 4.74 Å². The zero-order valence-corrected chi connectivity index (χ0v) is 17.7. The molecule has 0 aromatic heterocycles. The zero-order valence-electron chi connectivity index (χ0n) is 17.7.